The molecule has 2 amide bonds. The molecule has 0 bridgehead atoms. The zero-order valence-electron chi connectivity index (χ0n) is 17.8. The van der Waals surface area contributed by atoms with E-state index in [0.717, 1.165) is 10.6 Å². The standard InChI is InChI=1S/C21H24BrCl2N3O4S/c1-4-25-21(29)14(2)26(12-15-8-9-18(23)19(24)10-15)20(28)13-27(32(3,30)31)17-7-5-6-16(22)11-17/h5-11,14H,4,12-13H2,1-3H3,(H,25,29)/t14-/m0/s1. The number of nitrogens with zero attached hydrogens (tertiary/aromatic N) is 2. The van der Waals surface area contributed by atoms with Gasteiger partial charge >= 0.3 is 0 Å². The second-order valence-corrected chi connectivity index (χ2v) is 10.7. The number of anilines is 1. The summed E-state index contributed by atoms with van der Waals surface area (Å²) in [6, 6.07) is 10.7. The smallest absolute Gasteiger partial charge is 0.244 e. The van der Waals surface area contributed by atoms with Crippen LogP contribution in [-0.4, -0.2) is 50.5 Å². The number of nitrogens with one attached hydrogen (secondary N) is 1. The summed E-state index contributed by atoms with van der Waals surface area (Å²) in [5, 5.41) is 3.37. The van der Waals surface area contributed by atoms with Gasteiger partial charge in [0.1, 0.15) is 12.6 Å². The fraction of sp³-hybridized carbons (Fsp3) is 0.333. The van der Waals surface area contributed by atoms with E-state index < -0.39 is 28.5 Å². The topological polar surface area (TPSA) is 86.8 Å². The van der Waals surface area contributed by atoms with Gasteiger partial charge < -0.3 is 10.2 Å². The fourth-order valence-corrected chi connectivity index (χ4v) is 4.53. The summed E-state index contributed by atoms with van der Waals surface area (Å²) < 4.78 is 26.6. The molecule has 0 heterocycles. The summed E-state index contributed by atoms with van der Waals surface area (Å²) >= 11 is 15.4. The molecule has 174 valence electrons. The van der Waals surface area contributed by atoms with E-state index in [1.54, 1.807) is 56.3 Å². The summed E-state index contributed by atoms with van der Waals surface area (Å²) in [6.07, 6.45) is 1.03. The Kier molecular flexibility index (Phi) is 9.39. The molecule has 0 aliphatic rings. The Hall–Kier alpha value is -1.81. The minimum Gasteiger partial charge on any atom is -0.355 e. The maximum atomic E-state index is 13.3. The van der Waals surface area contributed by atoms with Crippen LogP contribution >= 0.6 is 39.1 Å². The van der Waals surface area contributed by atoms with Crippen LogP contribution in [0.3, 0.4) is 0 Å². The molecule has 0 spiro atoms. The summed E-state index contributed by atoms with van der Waals surface area (Å²) in [5.41, 5.74) is 0.979. The van der Waals surface area contributed by atoms with Crippen LogP contribution in [0.4, 0.5) is 5.69 Å². The van der Waals surface area contributed by atoms with E-state index in [1.807, 2.05) is 0 Å². The third-order valence-electron chi connectivity index (χ3n) is 4.63. The first kappa shape index (κ1) is 26.4. The largest absolute Gasteiger partial charge is 0.355 e. The molecule has 0 aliphatic heterocycles. The normalized spacial score (nSPS) is 12.2. The van der Waals surface area contributed by atoms with Crippen LogP contribution < -0.4 is 9.62 Å². The Morgan fingerprint density at radius 2 is 1.81 bits per heavy atom. The lowest BCUT2D eigenvalue weighted by atomic mass is 10.1. The number of carbonyl (C=O) groups is 2. The number of carbonyl (C=O) groups excluding carboxylic acids is 2. The fourth-order valence-electron chi connectivity index (χ4n) is 2.98. The summed E-state index contributed by atoms with van der Waals surface area (Å²) in [5.74, 6) is -0.894. The zero-order valence-corrected chi connectivity index (χ0v) is 21.7. The van der Waals surface area contributed by atoms with E-state index in [1.165, 1.54) is 4.90 Å². The lowest BCUT2D eigenvalue weighted by Gasteiger charge is -2.31. The summed E-state index contributed by atoms with van der Waals surface area (Å²) in [6.45, 7) is 3.33. The van der Waals surface area contributed by atoms with Crippen LogP contribution in [0, 0.1) is 0 Å². The minimum atomic E-state index is -3.78. The molecule has 0 saturated carbocycles. The van der Waals surface area contributed by atoms with E-state index in [0.29, 0.717) is 32.3 Å². The van der Waals surface area contributed by atoms with Crippen molar-refractivity contribution in [3.05, 3.63) is 62.5 Å². The van der Waals surface area contributed by atoms with Gasteiger partial charge in [0, 0.05) is 17.6 Å². The molecule has 7 nitrogen and oxygen atoms in total. The number of sulfonamides is 1. The van der Waals surface area contributed by atoms with Crippen molar-refractivity contribution in [2.24, 2.45) is 0 Å². The molecule has 32 heavy (non-hydrogen) atoms. The van der Waals surface area contributed by atoms with Gasteiger partial charge in [0.15, 0.2) is 0 Å². The highest BCUT2D eigenvalue weighted by molar-refractivity contribution is 9.10. The van der Waals surface area contributed by atoms with E-state index in [2.05, 4.69) is 21.2 Å². The average molecular weight is 565 g/mol. The zero-order chi connectivity index (χ0) is 24.1. The van der Waals surface area contributed by atoms with Crippen LogP contribution in [0.5, 0.6) is 0 Å². The Labute approximate surface area is 206 Å². The third-order valence-corrected chi connectivity index (χ3v) is 7.00. The molecule has 2 aromatic rings. The van der Waals surface area contributed by atoms with Crippen LogP contribution in [0.2, 0.25) is 10.0 Å². The van der Waals surface area contributed by atoms with Gasteiger partial charge in [0.2, 0.25) is 21.8 Å². The van der Waals surface area contributed by atoms with Crippen molar-refractivity contribution < 1.29 is 18.0 Å². The van der Waals surface area contributed by atoms with Crippen molar-refractivity contribution in [1.29, 1.82) is 0 Å². The van der Waals surface area contributed by atoms with Gasteiger partial charge in [0.25, 0.3) is 0 Å². The highest BCUT2D eigenvalue weighted by Gasteiger charge is 2.30. The number of halogens is 3. The van der Waals surface area contributed by atoms with Crippen LogP contribution in [0.15, 0.2) is 46.9 Å². The van der Waals surface area contributed by atoms with Crippen molar-refractivity contribution in [1.82, 2.24) is 10.2 Å². The number of hydrogen-bond donors (Lipinski definition) is 1. The number of likely N-dealkylation sites (N-methyl/N-ethyl adjacent to an activating group) is 1. The molecular weight excluding hydrogens is 541 g/mol. The van der Waals surface area contributed by atoms with Crippen LogP contribution in [0.25, 0.3) is 0 Å². The molecule has 0 aliphatic carbocycles. The van der Waals surface area contributed by atoms with Crippen molar-refractivity contribution in [3.63, 3.8) is 0 Å². The lowest BCUT2D eigenvalue weighted by Crippen LogP contribution is -2.51. The maximum absolute atomic E-state index is 13.3. The lowest BCUT2D eigenvalue weighted by molar-refractivity contribution is -0.139. The molecule has 0 aromatic heterocycles. The highest BCUT2D eigenvalue weighted by Crippen LogP contribution is 2.25. The van der Waals surface area contributed by atoms with Crippen LogP contribution in [-0.2, 0) is 26.2 Å². The van der Waals surface area contributed by atoms with E-state index in [9.17, 15) is 18.0 Å². The van der Waals surface area contributed by atoms with Crippen molar-refractivity contribution in [3.8, 4) is 0 Å². The second kappa shape index (κ2) is 11.4. The minimum absolute atomic E-state index is 0.0457. The van der Waals surface area contributed by atoms with Gasteiger partial charge in [-0.15, -0.1) is 0 Å². The number of rotatable bonds is 9. The first-order chi connectivity index (χ1) is 14.9. The van der Waals surface area contributed by atoms with Crippen LogP contribution in [0.1, 0.15) is 19.4 Å². The predicted octanol–water partition coefficient (Wildman–Crippen LogP) is 4.08. The molecule has 0 radical (unpaired) electrons. The molecule has 2 aromatic carbocycles. The van der Waals surface area contributed by atoms with Gasteiger partial charge in [-0.05, 0) is 49.7 Å². The second-order valence-electron chi connectivity index (χ2n) is 7.09. The molecule has 0 saturated heterocycles. The molecule has 1 N–H and O–H groups in total. The Morgan fingerprint density at radius 3 is 2.38 bits per heavy atom. The maximum Gasteiger partial charge on any atom is 0.244 e. The number of benzene rings is 2. The molecule has 11 heteroatoms. The predicted molar refractivity (Wildman–Crippen MR) is 131 cm³/mol. The van der Waals surface area contributed by atoms with E-state index in [-0.39, 0.29) is 12.5 Å². The van der Waals surface area contributed by atoms with E-state index >= 15 is 0 Å². The summed E-state index contributed by atoms with van der Waals surface area (Å²) in [7, 11) is -3.78. The summed E-state index contributed by atoms with van der Waals surface area (Å²) in [4.78, 5) is 27.2. The van der Waals surface area contributed by atoms with Crippen molar-refractivity contribution in [2.75, 3.05) is 23.7 Å². The third kappa shape index (κ3) is 7.10. The first-order valence-electron chi connectivity index (χ1n) is 9.68. The number of hydrogen-bond acceptors (Lipinski definition) is 4. The van der Waals surface area contributed by atoms with Gasteiger partial charge in [-0.3, -0.25) is 13.9 Å². The average Bonchev–Trinajstić information content (AvgIpc) is 2.71. The quantitative estimate of drug-likeness (QED) is 0.497. The molecule has 0 fully saturated rings. The van der Waals surface area contributed by atoms with Gasteiger partial charge in [0.05, 0.1) is 22.0 Å². The molecule has 0 unspecified atom stereocenters. The van der Waals surface area contributed by atoms with Crippen molar-refractivity contribution in [2.45, 2.75) is 26.4 Å². The highest BCUT2D eigenvalue weighted by atomic mass is 79.9. The Balaban J connectivity index is 2.40. The van der Waals surface area contributed by atoms with Crippen molar-refractivity contribution >= 4 is 66.7 Å². The monoisotopic (exact) mass is 563 g/mol. The molecule has 1 atom stereocenters. The first-order valence-corrected chi connectivity index (χ1v) is 13.1. The Morgan fingerprint density at radius 1 is 1.12 bits per heavy atom. The molecule has 2 rings (SSSR count). The Bertz CT molecular complexity index is 1100. The SMILES string of the molecule is CCNC(=O)[C@H](C)N(Cc1ccc(Cl)c(Cl)c1)C(=O)CN(c1cccc(Br)c1)S(C)(=O)=O. The van der Waals surface area contributed by atoms with E-state index in [4.69, 9.17) is 23.2 Å². The molecular formula is C21H24BrCl2N3O4S. The van der Waals surface area contributed by atoms with Gasteiger partial charge in [-0.2, -0.15) is 0 Å². The number of amides is 2. The van der Waals surface area contributed by atoms with Gasteiger partial charge in [-0.25, -0.2) is 8.42 Å². The van der Waals surface area contributed by atoms with Gasteiger partial charge in [-0.1, -0.05) is 51.3 Å².